The van der Waals surface area contributed by atoms with Crippen molar-refractivity contribution in [3.05, 3.63) is 65.4 Å². The number of aliphatic imine (C=N–C) groups is 1. The number of piperidine rings is 1. The summed E-state index contributed by atoms with van der Waals surface area (Å²) in [6, 6.07) is 6.11. The topological polar surface area (TPSA) is 15.6 Å². The third-order valence-corrected chi connectivity index (χ3v) is 7.79. The van der Waals surface area contributed by atoms with Gasteiger partial charge in [-0.25, -0.2) is 8.78 Å². The van der Waals surface area contributed by atoms with Gasteiger partial charge in [-0.15, -0.1) is 6.58 Å². The molecular formula is C31H44F2N2. The van der Waals surface area contributed by atoms with Crippen LogP contribution in [0.3, 0.4) is 0 Å². The first-order valence-corrected chi connectivity index (χ1v) is 13.2. The Morgan fingerprint density at radius 1 is 1.26 bits per heavy atom. The molecule has 2 atom stereocenters. The van der Waals surface area contributed by atoms with Crippen molar-refractivity contribution in [2.24, 2.45) is 22.2 Å². The minimum Gasteiger partial charge on any atom is -0.370 e. The summed E-state index contributed by atoms with van der Waals surface area (Å²) in [6.07, 6.45) is 7.28. The normalized spacial score (nSPS) is 24.0. The highest BCUT2D eigenvalue weighted by molar-refractivity contribution is 5.87. The van der Waals surface area contributed by atoms with E-state index in [0.29, 0.717) is 18.3 Å². The van der Waals surface area contributed by atoms with Crippen LogP contribution in [0.25, 0.3) is 5.70 Å². The Hall–Kier alpha value is -2.23. The van der Waals surface area contributed by atoms with Crippen molar-refractivity contribution in [3.63, 3.8) is 0 Å². The number of likely N-dealkylation sites (tertiary alicyclic amines) is 1. The Kier molecular flexibility index (Phi) is 8.44. The van der Waals surface area contributed by atoms with Gasteiger partial charge in [0.1, 0.15) is 0 Å². The van der Waals surface area contributed by atoms with Gasteiger partial charge < -0.3 is 4.90 Å². The molecule has 0 aromatic heterocycles. The van der Waals surface area contributed by atoms with Crippen LogP contribution in [0.2, 0.25) is 0 Å². The molecule has 0 radical (unpaired) electrons. The number of halogens is 2. The summed E-state index contributed by atoms with van der Waals surface area (Å²) in [5.41, 5.74) is 8.02. The first-order valence-electron chi connectivity index (χ1n) is 13.2. The smallest absolute Gasteiger partial charge is 0.245 e. The molecule has 0 spiro atoms. The first kappa shape index (κ1) is 27.4. The van der Waals surface area contributed by atoms with Gasteiger partial charge in [-0.2, -0.15) is 0 Å². The van der Waals surface area contributed by atoms with Crippen molar-refractivity contribution in [1.29, 1.82) is 0 Å². The number of alkyl halides is 2. The number of hydrogen-bond donors (Lipinski definition) is 0. The molecule has 192 valence electrons. The Balaban J connectivity index is 0.000000623. The first-order chi connectivity index (χ1) is 16.4. The predicted octanol–water partition coefficient (Wildman–Crippen LogP) is 8.62. The van der Waals surface area contributed by atoms with Crippen LogP contribution >= 0.6 is 0 Å². The van der Waals surface area contributed by atoms with Crippen LogP contribution in [-0.2, 0) is 6.42 Å². The van der Waals surface area contributed by atoms with E-state index in [-0.39, 0.29) is 11.8 Å². The molecule has 2 saturated carbocycles. The number of allylic oxidation sites excluding steroid dienone is 2. The molecule has 3 aliphatic rings. The number of rotatable bonds is 9. The lowest BCUT2D eigenvalue weighted by molar-refractivity contribution is 0.0133. The van der Waals surface area contributed by atoms with Crippen LogP contribution in [0.5, 0.6) is 0 Å². The van der Waals surface area contributed by atoms with Crippen LogP contribution in [0, 0.1) is 24.2 Å². The Morgan fingerprint density at radius 3 is 2.46 bits per heavy atom. The monoisotopic (exact) mass is 482 g/mol. The predicted molar refractivity (Wildman–Crippen MR) is 146 cm³/mol. The molecule has 2 aliphatic carbocycles. The maximum Gasteiger partial charge on any atom is 0.245 e. The van der Waals surface area contributed by atoms with Crippen LogP contribution in [0.15, 0.2) is 53.7 Å². The average Bonchev–Trinajstić information content (AvgIpc) is 3.73. The van der Waals surface area contributed by atoms with E-state index in [2.05, 4.69) is 51.0 Å². The maximum atomic E-state index is 13.5. The van der Waals surface area contributed by atoms with Gasteiger partial charge in [-0.05, 0) is 90.2 Å². The quantitative estimate of drug-likeness (QED) is 0.254. The van der Waals surface area contributed by atoms with E-state index in [0.717, 1.165) is 48.8 Å². The molecule has 3 fully saturated rings. The minimum atomic E-state index is -2.65. The van der Waals surface area contributed by atoms with Crippen LogP contribution in [0.4, 0.5) is 8.78 Å². The van der Waals surface area contributed by atoms with Gasteiger partial charge in [-0.3, -0.25) is 4.99 Å². The molecule has 1 heterocycles. The summed E-state index contributed by atoms with van der Waals surface area (Å²) < 4.78 is 26.9. The number of hydrogen-bond acceptors (Lipinski definition) is 2. The lowest BCUT2D eigenvalue weighted by Gasteiger charge is -2.27. The zero-order valence-electron chi connectivity index (χ0n) is 22.7. The summed E-state index contributed by atoms with van der Waals surface area (Å²) in [5, 5.41) is 0. The zero-order valence-corrected chi connectivity index (χ0v) is 22.7. The second-order valence-electron chi connectivity index (χ2n) is 11.1. The van der Waals surface area contributed by atoms with Crippen LogP contribution in [-0.4, -0.2) is 29.6 Å². The fraction of sp³-hybridized carbons (Fsp3) is 0.581. The molecule has 0 N–H and O–H groups in total. The number of nitrogens with zero attached hydrogens (tertiary/aromatic N) is 2. The van der Waals surface area contributed by atoms with Gasteiger partial charge in [0.15, 0.2) is 0 Å². The van der Waals surface area contributed by atoms with E-state index in [9.17, 15) is 8.78 Å². The van der Waals surface area contributed by atoms with Crippen molar-refractivity contribution in [3.8, 4) is 0 Å². The molecule has 35 heavy (non-hydrogen) atoms. The van der Waals surface area contributed by atoms with Gasteiger partial charge in [0.2, 0.25) is 5.92 Å². The SMILES string of the molecule is C=C(C)CC.C=C(c1cc(C)ccc1CCC(C)(F)F)N1CC2CC2(/C(=C/C)N=C(C)C2CC2)C1. The third kappa shape index (κ3) is 6.92. The highest BCUT2D eigenvalue weighted by atomic mass is 19.3. The standard InChI is InChI=1S/C26H34F2N2.C5H10/c1-6-24(29-18(3)20-9-10-20)26-14-22(26)15-30(16-26)19(4)23-13-17(2)7-8-21(23)11-12-25(5,27)28;1-4-5(2)3/h6-8,13,20,22H,4,9-12,14-16H2,1-3,5H3;2,4H2,1,3H3/b24-6-,29-18?;. The largest absolute Gasteiger partial charge is 0.370 e. The summed E-state index contributed by atoms with van der Waals surface area (Å²) in [6.45, 7) is 21.4. The fourth-order valence-electron chi connectivity index (χ4n) is 5.03. The molecule has 2 nitrogen and oxygen atoms in total. The Bertz CT molecular complexity index is 1010. The second-order valence-corrected chi connectivity index (χ2v) is 11.1. The molecule has 4 heteroatoms. The van der Waals surface area contributed by atoms with E-state index in [1.165, 1.54) is 36.2 Å². The van der Waals surface area contributed by atoms with E-state index in [1.807, 2.05) is 26.0 Å². The summed E-state index contributed by atoms with van der Waals surface area (Å²) in [7, 11) is 0. The Morgan fingerprint density at radius 2 is 1.91 bits per heavy atom. The fourth-order valence-corrected chi connectivity index (χ4v) is 5.03. The molecule has 1 saturated heterocycles. The molecular weight excluding hydrogens is 438 g/mol. The highest BCUT2D eigenvalue weighted by Crippen LogP contribution is 2.63. The van der Waals surface area contributed by atoms with Crippen molar-refractivity contribution < 1.29 is 8.78 Å². The molecule has 1 aliphatic heterocycles. The zero-order chi connectivity index (χ0) is 26.0. The van der Waals surface area contributed by atoms with Crippen molar-refractivity contribution >= 4 is 11.4 Å². The summed E-state index contributed by atoms with van der Waals surface area (Å²) in [5.74, 6) is -1.35. The van der Waals surface area contributed by atoms with E-state index >= 15 is 0 Å². The molecule has 2 unspecified atom stereocenters. The lowest BCUT2D eigenvalue weighted by atomic mass is 9.96. The van der Waals surface area contributed by atoms with Crippen molar-refractivity contribution in [2.45, 2.75) is 86.0 Å². The second kappa shape index (κ2) is 10.8. The van der Waals surface area contributed by atoms with Crippen LogP contribution < -0.4 is 0 Å². The van der Waals surface area contributed by atoms with E-state index in [1.54, 1.807) is 0 Å². The van der Waals surface area contributed by atoms with Crippen LogP contribution in [0.1, 0.15) is 83.4 Å². The number of fused-ring (bicyclic) bond motifs is 1. The molecule has 0 bridgehead atoms. The molecule has 1 aromatic rings. The minimum absolute atomic E-state index is 0.138. The third-order valence-electron chi connectivity index (χ3n) is 7.79. The van der Waals surface area contributed by atoms with Gasteiger partial charge >= 0.3 is 0 Å². The summed E-state index contributed by atoms with van der Waals surface area (Å²) in [4.78, 5) is 7.41. The summed E-state index contributed by atoms with van der Waals surface area (Å²) >= 11 is 0. The molecule has 0 amide bonds. The van der Waals surface area contributed by atoms with Gasteiger partial charge in [0.25, 0.3) is 0 Å². The van der Waals surface area contributed by atoms with Gasteiger partial charge in [0.05, 0.1) is 0 Å². The van der Waals surface area contributed by atoms with E-state index in [4.69, 9.17) is 4.99 Å². The number of benzene rings is 1. The number of aryl methyl sites for hydroxylation is 2. The highest BCUT2D eigenvalue weighted by Gasteiger charge is 2.62. The lowest BCUT2D eigenvalue weighted by Crippen LogP contribution is -2.25. The van der Waals surface area contributed by atoms with Gasteiger partial charge in [0, 0.05) is 47.6 Å². The average molecular weight is 483 g/mol. The molecule has 4 rings (SSSR count). The Labute approximate surface area is 211 Å². The van der Waals surface area contributed by atoms with Crippen molar-refractivity contribution in [2.75, 3.05) is 13.1 Å². The van der Waals surface area contributed by atoms with Crippen molar-refractivity contribution in [1.82, 2.24) is 4.90 Å². The van der Waals surface area contributed by atoms with E-state index < -0.39 is 5.92 Å². The van der Waals surface area contributed by atoms with Gasteiger partial charge in [-0.1, -0.05) is 42.8 Å². The molecule has 1 aromatic carbocycles. The maximum absolute atomic E-state index is 13.5.